The van der Waals surface area contributed by atoms with Gasteiger partial charge in [-0.3, -0.25) is 10.1 Å². The van der Waals surface area contributed by atoms with Crippen molar-refractivity contribution in [1.29, 1.82) is 0 Å². The van der Waals surface area contributed by atoms with E-state index in [0.717, 1.165) is 10.9 Å². The Morgan fingerprint density at radius 3 is 2.86 bits per heavy atom. The summed E-state index contributed by atoms with van der Waals surface area (Å²) >= 11 is 0. The molecule has 2 rings (SSSR count). The first-order valence-corrected chi connectivity index (χ1v) is 4.19. The lowest BCUT2D eigenvalue weighted by atomic mass is 10.1. The van der Waals surface area contributed by atoms with Gasteiger partial charge < -0.3 is 0 Å². The van der Waals surface area contributed by atoms with Gasteiger partial charge in [-0.2, -0.15) is 0 Å². The van der Waals surface area contributed by atoms with Crippen molar-refractivity contribution in [3.63, 3.8) is 0 Å². The number of pyridine rings is 1. The van der Waals surface area contributed by atoms with Gasteiger partial charge in [0, 0.05) is 17.6 Å². The van der Waals surface area contributed by atoms with E-state index in [9.17, 15) is 10.1 Å². The van der Waals surface area contributed by atoms with Crippen LogP contribution in [-0.2, 0) is 0 Å². The third kappa shape index (κ3) is 1.21. The minimum Gasteiger partial charge on any atom is -0.258 e. The molecule has 0 atom stereocenters. The Morgan fingerprint density at radius 1 is 1.36 bits per heavy atom. The van der Waals surface area contributed by atoms with Crippen LogP contribution in [0.2, 0.25) is 0 Å². The largest absolute Gasteiger partial charge is 0.295 e. The number of fused-ring (bicyclic) bond motifs is 1. The van der Waals surface area contributed by atoms with Gasteiger partial charge >= 0.3 is 0 Å². The van der Waals surface area contributed by atoms with E-state index in [4.69, 9.17) is 0 Å². The second-order valence-electron chi connectivity index (χ2n) is 3.06. The number of benzene rings is 1. The summed E-state index contributed by atoms with van der Waals surface area (Å²) in [5.74, 6) is 0. The summed E-state index contributed by atoms with van der Waals surface area (Å²) < 4.78 is 0. The number of hydrogen-bond acceptors (Lipinski definition) is 3. The molecule has 4 nitrogen and oxygen atoms in total. The van der Waals surface area contributed by atoms with Crippen molar-refractivity contribution < 1.29 is 4.92 Å². The van der Waals surface area contributed by atoms with Crippen LogP contribution in [0, 0.1) is 17.0 Å². The maximum atomic E-state index is 10.7. The van der Waals surface area contributed by atoms with E-state index in [1.54, 1.807) is 18.3 Å². The summed E-state index contributed by atoms with van der Waals surface area (Å²) in [6.45, 7) is 1.91. The van der Waals surface area contributed by atoms with Crippen LogP contribution in [0.4, 0.5) is 5.69 Å². The molecule has 0 N–H and O–H groups in total. The third-order valence-corrected chi connectivity index (χ3v) is 2.16. The maximum Gasteiger partial charge on any atom is 0.295 e. The fraction of sp³-hybridized carbons (Fsp3) is 0.100. The fourth-order valence-electron chi connectivity index (χ4n) is 1.45. The zero-order valence-corrected chi connectivity index (χ0v) is 7.60. The molecule has 0 saturated heterocycles. The summed E-state index contributed by atoms with van der Waals surface area (Å²) in [7, 11) is 0. The first-order chi connectivity index (χ1) is 6.70. The molecule has 4 heteroatoms. The van der Waals surface area contributed by atoms with Crippen LogP contribution in [-0.4, -0.2) is 9.91 Å². The highest BCUT2D eigenvalue weighted by Crippen LogP contribution is 2.25. The van der Waals surface area contributed by atoms with E-state index >= 15 is 0 Å². The number of aryl methyl sites for hydroxylation is 1. The van der Waals surface area contributed by atoms with Gasteiger partial charge in [-0.25, -0.2) is 4.98 Å². The summed E-state index contributed by atoms with van der Waals surface area (Å²) in [5, 5.41) is 11.5. The summed E-state index contributed by atoms with van der Waals surface area (Å²) in [4.78, 5) is 14.3. The molecule has 0 aliphatic carbocycles. The number of nitrogens with zero attached hydrogens (tertiary/aromatic N) is 2. The van der Waals surface area contributed by atoms with Crippen molar-refractivity contribution in [2.24, 2.45) is 0 Å². The highest BCUT2D eigenvalue weighted by atomic mass is 16.6. The standard InChI is InChI=1S/C10H8N2O2/c1-7-4-5-9(12(13)14)10-8(7)3-2-6-11-10/h2-6H,1H3. The smallest absolute Gasteiger partial charge is 0.258 e. The van der Waals surface area contributed by atoms with E-state index in [1.165, 1.54) is 6.07 Å². The molecule has 0 amide bonds. The Bertz CT molecular complexity index is 508. The quantitative estimate of drug-likeness (QED) is 0.510. The molecule has 2 aromatic rings. The summed E-state index contributed by atoms with van der Waals surface area (Å²) in [5.41, 5.74) is 1.52. The predicted molar refractivity (Wildman–Crippen MR) is 53.1 cm³/mol. The third-order valence-electron chi connectivity index (χ3n) is 2.16. The zero-order valence-electron chi connectivity index (χ0n) is 7.60. The zero-order chi connectivity index (χ0) is 10.1. The molecule has 0 fully saturated rings. The fourth-order valence-corrected chi connectivity index (χ4v) is 1.45. The lowest BCUT2D eigenvalue weighted by molar-refractivity contribution is -0.383. The number of rotatable bonds is 1. The highest BCUT2D eigenvalue weighted by Gasteiger charge is 2.12. The molecule has 0 aliphatic rings. The van der Waals surface area contributed by atoms with E-state index in [2.05, 4.69) is 4.98 Å². The van der Waals surface area contributed by atoms with Crippen molar-refractivity contribution in [3.8, 4) is 0 Å². The Hall–Kier alpha value is -1.97. The number of aromatic nitrogens is 1. The molecule has 1 heterocycles. The Labute approximate surface area is 80.4 Å². The summed E-state index contributed by atoms with van der Waals surface area (Å²) in [6.07, 6.45) is 1.56. The first-order valence-electron chi connectivity index (χ1n) is 4.19. The molecule has 0 aliphatic heterocycles. The predicted octanol–water partition coefficient (Wildman–Crippen LogP) is 2.45. The summed E-state index contributed by atoms with van der Waals surface area (Å²) in [6, 6.07) is 6.84. The van der Waals surface area contributed by atoms with Crippen molar-refractivity contribution in [3.05, 3.63) is 46.1 Å². The van der Waals surface area contributed by atoms with Gasteiger partial charge in [0.05, 0.1) is 4.92 Å². The second kappa shape index (κ2) is 3.06. The Kier molecular flexibility index (Phi) is 1.89. The average molecular weight is 188 g/mol. The van der Waals surface area contributed by atoms with Crippen LogP contribution in [0.15, 0.2) is 30.5 Å². The molecule has 1 aromatic carbocycles. The van der Waals surface area contributed by atoms with E-state index in [-0.39, 0.29) is 5.69 Å². The molecule has 0 unspecified atom stereocenters. The Balaban J connectivity index is 2.88. The highest BCUT2D eigenvalue weighted by molar-refractivity contribution is 5.89. The minimum absolute atomic E-state index is 0.0613. The monoisotopic (exact) mass is 188 g/mol. The molecule has 14 heavy (non-hydrogen) atoms. The van der Waals surface area contributed by atoms with Gasteiger partial charge in [0.2, 0.25) is 0 Å². The Morgan fingerprint density at radius 2 is 2.14 bits per heavy atom. The van der Waals surface area contributed by atoms with Crippen LogP contribution in [0.3, 0.4) is 0 Å². The van der Waals surface area contributed by atoms with Crippen LogP contribution in [0.5, 0.6) is 0 Å². The van der Waals surface area contributed by atoms with Crippen LogP contribution < -0.4 is 0 Å². The van der Waals surface area contributed by atoms with Gasteiger partial charge in [-0.15, -0.1) is 0 Å². The lowest BCUT2D eigenvalue weighted by Crippen LogP contribution is -1.92. The van der Waals surface area contributed by atoms with Gasteiger partial charge in [0.25, 0.3) is 5.69 Å². The van der Waals surface area contributed by atoms with Crippen molar-refractivity contribution >= 4 is 16.6 Å². The molecule has 0 radical (unpaired) electrons. The van der Waals surface area contributed by atoms with Gasteiger partial charge in [0.1, 0.15) is 5.52 Å². The average Bonchev–Trinajstić information content (AvgIpc) is 2.18. The molecule has 1 aromatic heterocycles. The van der Waals surface area contributed by atoms with E-state index in [1.807, 2.05) is 13.0 Å². The normalized spacial score (nSPS) is 10.4. The first kappa shape index (κ1) is 8.62. The maximum absolute atomic E-state index is 10.7. The number of non-ortho nitro benzene ring substituents is 1. The number of nitro groups is 1. The van der Waals surface area contributed by atoms with Crippen LogP contribution in [0.25, 0.3) is 10.9 Å². The molecule has 70 valence electrons. The minimum atomic E-state index is -0.408. The van der Waals surface area contributed by atoms with E-state index < -0.39 is 4.92 Å². The van der Waals surface area contributed by atoms with Crippen molar-refractivity contribution in [2.45, 2.75) is 6.92 Å². The topological polar surface area (TPSA) is 56.0 Å². The van der Waals surface area contributed by atoms with Crippen molar-refractivity contribution in [1.82, 2.24) is 4.98 Å². The lowest BCUT2D eigenvalue weighted by Gasteiger charge is -2.00. The molecule has 0 bridgehead atoms. The van der Waals surface area contributed by atoms with Crippen LogP contribution in [0.1, 0.15) is 5.56 Å². The second-order valence-corrected chi connectivity index (χ2v) is 3.06. The number of hydrogen-bond donors (Lipinski definition) is 0. The SMILES string of the molecule is Cc1ccc([N+](=O)[O-])c2ncccc12. The van der Waals surface area contributed by atoms with Crippen LogP contribution >= 0.6 is 0 Å². The number of nitro benzene ring substituents is 1. The molecule has 0 saturated carbocycles. The van der Waals surface area contributed by atoms with Gasteiger partial charge in [0.15, 0.2) is 0 Å². The molecular formula is C10H8N2O2. The molecule has 0 spiro atoms. The van der Waals surface area contributed by atoms with Gasteiger partial charge in [-0.05, 0) is 18.6 Å². The van der Waals surface area contributed by atoms with E-state index in [0.29, 0.717) is 5.52 Å². The molecular weight excluding hydrogens is 180 g/mol. The van der Waals surface area contributed by atoms with Crippen molar-refractivity contribution in [2.75, 3.05) is 0 Å². The van der Waals surface area contributed by atoms with Gasteiger partial charge in [-0.1, -0.05) is 12.1 Å².